The minimum atomic E-state index is -0.809. The Labute approximate surface area is 306 Å². The first-order chi connectivity index (χ1) is 25.7. The maximum atomic E-state index is 7.27. The van der Waals surface area contributed by atoms with E-state index in [0.717, 1.165) is 52.4 Å². The lowest BCUT2D eigenvalue weighted by Gasteiger charge is -2.47. The normalized spacial score (nSPS) is 21.4. The Kier molecular flexibility index (Phi) is 8.36. The van der Waals surface area contributed by atoms with Gasteiger partial charge in [-0.05, 0) is 72.5 Å². The van der Waals surface area contributed by atoms with Crippen LogP contribution >= 0.6 is 0 Å². The van der Waals surface area contributed by atoms with Crippen molar-refractivity contribution in [1.29, 1.82) is 0 Å². The molecule has 0 saturated heterocycles. The minimum Gasteiger partial charge on any atom is -0.489 e. The smallest absolute Gasteiger partial charge is 0.164 e. The number of aromatic nitrogens is 1. The second-order valence-electron chi connectivity index (χ2n) is 13.9. The predicted octanol–water partition coefficient (Wildman–Crippen LogP) is 10.8. The van der Waals surface area contributed by atoms with Crippen LogP contribution in [-0.2, 0) is 34.5 Å². The third-order valence-corrected chi connectivity index (χ3v) is 11.0. The zero-order chi connectivity index (χ0) is 35.1. The fourth-order valence-electron chi connectivity index (χ4n) is 8.63. The number of allylic oxidation sites excluding steroid dienone is 2. The van der Waals surface area contributed by atoms with Crippen molar-refractivity contribution < 1.29 is 9.47 Å². The summed E-state index contributed by atoms with van der Waals surface area (Å²) < 4.78 is 14.3. The van der Waals surface area contributed by atoms with Gasteiger partial charge in [0, 0.05) is 64.2 Å². The minimum absolute atomic E-state index is 0.0388. The van der Waals surface area contributed by atoms with E-state index in [9.17, 15) is 0 Å². The van der Waals surface area contributed by atoms with Crippen LogP contribution in [0.5, 0.6) is 0 Å². The molecule has 5 heteroatoms. The molecule has 0 amide bonds. The van der Waals surface area contributed by atoms with Crippen LogP contribution in [0.15, 0.2) is 174 Å². The van der Waals surface area contributed by atoms with Crippen molar-refractivity contribution in [3.63, 3.8) is 0 Å². The van der Waals surface area contributed by atoms with Crippen LogP contribution in [0.1, 0.15) is 49.1 Å². The van der Waals surface area contributed by atoms with Crippen molar-refractivity contribution in [2.75, 3.05) is 9.80 Å². The number of para-hydroxylation sites is 4. The molecule has 0 radical (unpaired) electrons. The number of aryl methyl sites for hydroxylation is 2. The number of fused-ring (bicyclic) bond motifs is 5. The summed E-state index contributed by atoms with van der Waals surface area (Å²) in [4.78, 5) is 9.92. The molecule has 0 saturated carbocycles. The highest BCUT2D eigenvalue weighted by Crippen LogP contribution is 2.56. The Balaban J connectivity index is 1.16. The highest BCUT2D eigenvalue weighted by atomic mass is 16.5. The summed E-state index contributed by atoms with van der Waals surface area (Å²) in [5.74, 6) is 0.976. The van der Waals surface area contributed by atoms with E-state index in [1.165, 1.54) is 28.2 Å². The average molecular weight is 682 g/mol. The van der Waals surface area contributed by atoms with E-state index in [-0.39, 0.29) is 12.1 Å². The Bertz CT molecular complexity index is 2240. The quantitative estimate of drug-likeness (QED) is 0.163. The van der Waals surface area contributed by atoms with Crippen molar-refractivity contribution in [1.82, 2.24) is 4.98 Å². The average Bonchev–Trinajstić information content (AvgIpc) is 3.59. The molecule has 4 aromatic carbocycles. The fourth-order valence-corrected chi connectivity index (χ4v) is 8.63. The SMILES string of the molecule is CCc1ccccc1N(C1=CC=C2C(C1)OC1=C(C=CC(N(c3ccccc3)c3ccccc3CC)C1)C21OCc2cccnc21)c1ccccc1. The van der Waals surface area contributed by atoms with Gasteiger partial charge in [0.05, 0.1) is 18.3 Å². The number of hydrogen-bond acceptors (Lipinski definition) is 5. The van der Waals surface area contributed by atoms with Crippen molar-refractivity contribution in [3.05, 3.63) is 197 Å². The zero-order valence-corrected chi connectivity index (χ0v) is 29.8. The molecular formula is C47H43N3O2. The number of anilines is 4. The summed E-state index contributed by atoms with van der Waals surface area (Å²) in [6.45, 7) is 4.97. The lowest BCUT2D eigenvalue weighted by atomic mass is 9.72. The van der Waals surface area contributed by atoms with Crippen LogP contribution in [0, 0.1) is 0 Å². The van der Waals surface area contributed by atoms with E-state index < -0.39 is 5.60 Å². The molecule has 3 heterocycles. The van der Waals surface area contributed by atoms with Gasteiger partial charge in [-0.3, -0.25) is 4.98 Å². The van der Waals surface area contributed by atoms with Crippen LogP contribution in [-0.4, -0.2) is 17.1 Å². The fraction of sp³-hybridized carbons (Fsp3) is 0.213. The van der Waals surface area contributed by atoms with E-state index in [0.29, 0.717) is 19.4 Å². The monoisotopic (exact) mass is 681 g/mol. The Hall–Kier alpha value is -5.65. The largest absolute Gasteiger partial charge is 0.489 e. The summed E-state index contributed by atoms with van der Waals surface area (Å²) in [5, 5.41) is 0. The Morgan fingerprint density at radius 3 is 2.13 bits per heavy atom. The third kappa shape index (κ3) is 5.30. The van der Waals surface area contributed by atoms with Gasteiger partial charge in [-0.2, -0.15) is 0 Å². The molecule has 2 aliphatic heterocycles. The van der Waals surface area contributed by atoms with Crippen LogP contribution in [0.25, 0.3) is 0 Å². The zero-order valence-electron chi connectivity index (χ0n) is 29.8. The molecule has 1 aromatic heterocycles. The Morgan fingerprint density at radius 1 is 0.712 bits per heavy atom. The third-order valence-electron chi connectivity index (χ3n) is 11.0. The van der Waals surface area contributed by atoms with Gasteiger partial charge >= 0.3 is 0 Å². The van der Waals surface area contributed by atoms with Gasteiger partial charge in [0.1, 0.15) is 11.9 Å². The van der Waals surface area contributed by atoms with Gasteiger partial charge in [0.15, 0.2) is 5.60 Å². The van der Waals surface area contributed by atoms with Crippen LogP contribution in [0.3, 0.4) is 0 Å². The lowest BCUT2D eigenvalue weighted by molar-refractivity contribution is -0.0260. The van der Waals surface area contributed by atoms with E-state index in [4.69, 9.17) is 14.5 Å². The molecule has 3 unspecified atom stereocenters. The Morgan fingerprint density at radius 2 is 1.38 bits per heavy atom. The first kappa shape index (κ1) is 32.3. The standard InChI is InChI=1S/C47H43N3O2/c1-3-33-16-11-13-23-42(33)49(36-19-7-5-8-20-36)38-25-27-40-44(30-38)52-45-31-39(26-28-41(45)47(40)46-35(32-51-47)18-15-29-48-46)50(37-21-9-6-10-22-37)43-24-14-12-17-34(43)4-2/h5-29,38,45H,3-4,30-32H2,1-2H3. The molecular weight excluding hydrogens is 639 g/mol. The molecule has 2 aliphatic carbocycles. The predicted molar refractivity (Wildman–Crippen MR) is 210 cm³/mol. The molecule has 9 rings (SSSR count). The van der Waals surface area contributed by atoms with Crippen LogP contribution < -0.4 is 9.80 Å². The summed E-state index contributed by atoms with van der Waals surface area (Å²) in [7, 11) is 0. The number of nitrogens with zero attached hydrogens (tertiary/aromatic N) is 3. The highest BCUT2D eigenvalue weighted by Gasteiger charge is 2.55. The van der Waals surface area contributed by atoms with E-state index in [1.807, 2.05) is 12.3 Å². The molecule has 0 fully saturated rings. The summed E-state index contributed by atoms with van der Waals surface area (Å²) in [5.41, 5.74) is 12.0. The van der Waals surface area contributed by atoms with E-state index in [1.54, 1.807) is 0 Å². The van der Waals surface area contributed by atoms with E-state index in [2.05, 4.69) is 163 Å². The topological polar surface area (TPSA) is 37.8 Å². The maximum absolute atomic E-state index is 7.27. The van der Waals surface area contributed by atoms with Crippen molar-refractivity contribution >= 4 is 22.7 Å². The van der Waals surface area contributed by atoms with Gasteiger partial charge in [-0.25, -0.2) is 0 Å². The summed E-state index contributed by atoms with van der Waals surface area (Å²) >= 11 is 0. The molecule has 1 spiro atoms. The maximum Gasteiger partial charge on any atom is 0.164 e. The molecule has 5 aromatic rings. The molecule has 5 nitrogen and oxygen atoms in total. The number of rotatable bonds is 8. The molecule has 258 valence electrons. The van der Waals surface area contributed by atoms with E-state index >= 15 is 0 Å². The number of benzene rings is 4. The molecule has 4 aliphatic rings. The van der Waals surface area contributed by atoms with Gasteiger partial charge in [0.25, 0.3) is 0 Å². The van der Waals surface area contributed by atoms with Gasteiger partial charge in [-0.1, -0.05) is 111 Å². The van der Waals surface area contributed by atoms with Crippen molar-refractivity contribution in [2.24, 2.45) is 0 Å². The molecule has 3 atom stereocenters. The summed E-state index contributed by atoms with van der Waals surface area (Å²) in [6, 6.07) is 43.2. The molecule has 0 bridgehead atoms. The first-order valence-corrected chi connectivity index (χ1v) is 18.6. The van der Waals surface area contributed by atoms with Gasteiger partial charge in [-0.15, -0.1) is 0 Å². The van der Waals surface area contributed by atoms with Gasteiger partial charge in [0.2, 0.25) is 0 Å². The molecule has 52 heavy (non-hydrogen) atoms. The van der Waals surface area contributed by atoms with Crippen LogP contribution in [0.4, 0.5) is 22.7 Å². The van der Waals surface area contributed by atoms with Gasteiger partial charge < -0.3 is 19.3 Å². The second kappa shape index (κ2) is 13.5. The highest BCUT2D eigenvalue weighted by molar-refractivity contribution is 5.73. The molecule has 0 N–H and O–H groups in total. The number of hydrogen-bond donors (Lipinski definition) is 0. The van der Waals surface area contributed by atoms with Crippen molar-refractivity contribution in [3.8, 4) is 0 Å². The van der Waals surface area contributed by atoms with Crippen molar-refractivity contribution in [2.45, 2.75) is 63.9 Å². The summed E-state index contributed by atoms with van der Waals surface area (Å²) in [6.07, 6.45) is 14.1. The first-order valence-electron chi connectivity index (χ1n) is 18.6. The lowest BCUT2D eigenvalue weighted by Crippen LogP contribution is -2.46. The van der Waals surface area contributed by atoms with Crippen LogP contribution in [0.2, 0.25) is 0 Å². The number of pyridine rings is 1. The number of ether oxygens (including phenoxy) is 2. The second-order valence-corrected chi connectivity index (χ2v) is 13.9.